The zero-order valence-corrected chi connectivity index (χ0v) is 16.5. The van der Waals surface area contributed by atoms with Crippen LogP contribution in [-0.2, 0) is 4.74 Å². The molecule has 1 N–H and O–H groups in total. The molecule has 0 unspecified atom stereocenters. The molecule has 0 amide bonds. The zero-order chi connectivity index (χ0) is 17.8. The summed E-state index contributed by atoms with van der Waals surface area (Å²) in [5, 5.41) is 5.40. The normalized spacial score (nSPS) is 19.1. The van der Waals surface area contributed by atoms with E-state index < -0.39 is 0 Å². The minimum Gasteiger partial charge on any atom is -0.457 e. The fourth-order valence-electron chi connectivity index (χ4n) is 3.45. The summed E-state index contributed by atoms with van der Waals surface area (Å²) in [5.41, 5.74) is 2.96. The highest BCUT2D eigenvalue weighted by Crippen LogP contribution is 2.29. The Balaban J connectivity index is 0.00000210. The Morgan fingerprint density at radius 1 is 1.00 bits per heavy atom. The smallest absolute Gasteiger partial charge is 0.338 e. The average molecular weight is 400 g/mol. The number of thiophene rings is 1. The van der Waals surface area contributed by atoms with E-state index in [1.165, 1.54) is 10.4 Å². The number of rotatable bonds is 4. The van der Waals surface area contributed by atoms with E-state index >= 15 is 0 Å². The zero-order valence-electron chi connectivity index (χ0n) is 14.8. The fraction of sp³-hybridized carbons (Fsp3) is 0.227. The number of nitrogens with one attached hydrogen (secondary N) is 1. The predicted molar refractivity (Wildman–Crippen MR) is 113 cm³/mol. The lowest BCUT2D eigenvalue weighted by Crippen LogP contribution is -2.42. The van der Waals surface area contributed by atoms with Crippen molar-refractivity contribution in [2.75, 3.05) is 13.1 Å². The van der Waals surface area contributed by atoms with Crippen molar-refractivity contribution < 1.29 is 9.53 Å². The molecule has 2 heterocycles. The van der Waals surface area contributed by atoms with E-state index in [1.807, 2.05) is 48.5 Å². The van der Waals surface area contributed by atoms with Crippen LogP contribution in [0.15, 0.2) is 72.1 Å². The second kappa shape index (κ2) is 9.18. The summed E-state index contributed by atoms with van der Waals surface area (Å²) in [6.07, 6.45) is 0.829. The lowest BCUT2D eigenvalue weighted by molar-refractivity contribution is 0.0182. The van der Waals surface area contributed by atoms with Gasteiger partial charge in [-0.25, -0.2) is 4.79 Å². The van der Waals surface area contributed by atoms with Gasteiger partial charge in [0.05, 0.1) is 5.56 Å². The molecule has 3 nitrogen and oxygen atoms in total. The molecule has 1 saturated heterocycles. The largest absolute Gasteiger partial charge is 0.457 e. The number of esters is 1. The second-order valence-corrected chi connectivity index (χ2v) is 7.46. The first kappa shape index (κ1) is 19.6. The van der Waals surface area contributed by atoms with E-state index in [0.717, 1.165) is 18.5 Å². The number of hydrogen-bond acceptors (Lipinski definition) is 4. The molecule has 2 aromatic carbocycles. The standard InChI is InChI=1S/C22H21NO2S.ClH/c24-22(18-10-8-17(9-11-18)21-7-4-14-26-21)25-20-15-23-13-12-19(20)16-5-2-1-3-6-16;/h1-11,14,19-20,23H,12-13,15H2;1H/t19-,20+;/m0./s1. The van der Waals surface area contributed by atoms with Gasteiger partial charge in [-0.15, -0.1) is 23.7 Å². The van der Waals surface area contributed by atoms with Gasteiger partial charge in [-0.3, -0.25) is 0 Å². The van der Waals surface area contributed by atoms with Crippen LogP contribution in [0.3, 0.4) is 0 Å². The van der Waals surface area contributed by atoms with Gasteiger partial charge < -0.3 is 10.1 Å². The molecule has 27 heavy (non-hydrogen) atoms. The molecule has 0 spiro atoms. The molecule has 1 fully saturated rings. The van der Waals surface area contributed by atoms with Gasteiger partial charge in [0, 0.05) is 17.3 Å². The number of carbonyl (C=O) groups excluding carboxylic acids is 1. The van der Waals surface area contributed by atoms with Gasteiger partial charge in [0.25, 0.3) is 0 Å². The van der Waals surface area contributed by atoms with Crippen LogP contribution in [0.5, 0.6) is 0 Å². The van der Waals surface area contributed by atoms with Crippen molar-refractivity contribution in [3.63, 3.8) is 0 Å². The molecule has 0 bridgehead atoms. The van der Waals surface area contributed by atoms with Crippen LogP contribution in [0.4, 0.5) is 0 Å². The third kappa shape index (κ3) is 4.59. The Morgan fingerprint density at radius 2 is 1.78 bits per heavy atom. The van der Waals surface area contributed by atoms with E-state index in [9.17, 15) is 4.79 Å². The van der Waals surface area contributed by atoms with Crippen molar-refractivity contribution in [2.45, 2.75) is 18.4 Å². The van der Waals surface area contributed by atoms with E-state index in [1.54, 1.807) is 11.3 Å². The Labute approximate surface area is 169 Å². The van der Waals surface area contributed by atoms with Crippen molar-refractivity contribution >= 4 is 29.7 Å². The van der Waals surface area contributed by atoms with Crippen LogP contribution >= 0.6 is 23.7 Å². The molecule has 0 radical (unpaired) electrons. The number of halogens is 1. The highest BCUT2D eigenvalue weighted by molar-refractivity contribution is 7.13. The van der Waals surface area contributed by atoms with E-state index in [4.69, 9.17) is 4.74 Å². The Kier molecular flexibility index (Phi) is 6.67. The highest BCUT2D eigenvalue weighted by atomic mass is 35.5. The summed E-state index contributed by atoms with van der Waals surface area (Å²) in [7, 11) is 0. The minimum atomic E-state index is -0.252. The van der Waals surface area contributed by atoms with Gasteiger partial charge in [-0.05, 0) is 47.7 Å². The molecule has 5 heteroatoms. The molecule has 140 valence electrons. The molecular weight excluding hydrogens is 378 g/mol. The number of carbonyl (C=O) groups is 1. The maximum absolute atomic E-state index is 12.6. The van der Waals surface area contributed by atoms with Gasteiger partial charge in [-0.1, -0.05) is 48.5 Å². The quantitative estimate of drug-likeness (QED) is 0.617. The Hall–Kier alpha value is -2.14. The van der Waals surface area contributed by atoms with E-state index in [0.29, 0.717) is 12.1 Å². The van der Waals surface area contributed by atoms with Crippen molar-refractivity contribution in [2.24, 2.45) is 0 Å². The van der Waals surface area contributed by atoms with Gasteiger partial charge in [0.2, 0.25) is 0 Å². The Bertz CT molecular complexity index is 850. The number of hydrogen-bond donors (Lipinski definition) is 1. The third-order valence-corrected chi connectivity index (χ3v) is 5.76. The molecule has 1 aromatic heterocycles. The van der Waals surface area contributed by atoms with Crippen LogP contribution < -0.4 is 5.32 Å². The molecule has 1 aliphatic rings. The lowest BCUT2D eigenvalue weighted by Gasteiger charge is -2.32. The molecular formula is C22H22ClNO2S. The van der Waals surface area contributed by atoms with Crippen LogP contribution in [0.2, 0.25) is 0 Å². The van der Waals surface area contributed by atoms with Crippen molar-refractivity contribution in [1.29, 1.82) is 0 Å². The van der Waals surface area contributed by atoms with Crippen molar-refractivity contribution in [3.8, 4) is 10.4 Å². The van der Waals surface area contributed by atoms with Gasteiger partial charge >= 0.3 is 5.97 Å². The van der Waals surface area contributed by atoms with Crippen LogP contribution in [0, 0.1) is 0 Å². The molecule has 0 aliphatic carbocycles. The summed E-state index contributed by atoms with van der Waals surface area (Å²) >= 11 is 1.69. The SMILES string of the molecule is Cl.O=C(O[C@@H]1CNCC[C@H]1c1ccccc1)c1ccc(-c2cccs2)cc1. The van der Waals surface area contributed by atoms with E-state index in [2.05, 4.69) is 28.9 Å². The lowest BCUT2D eigenvalue weighted by atomic mass is 9.88. The fourth-order valence-corrected chi connectivity index (χ4v) is 4.19. The van der Waals surface area contributed by atoms with E-state index in [-0.39, 0.29) is 30.4 Å². The molecule has 2 atom stereocenters. The maximum atomic E-state index is 12.6. The summed E-state index contributed by atoms with van der Waals surface area (Å²) in [5.74, 6) is -0.0100. The predicted octanol–water partition coefficient (Wildman–Crippen LogP) is 5.14. The van der Waals surface area contributed by atoms with Crippen LogP contribution in [0.1, 0.15) is 28.3 Å². The van der Waals surface area contributed by atoms with Crippen molar-refractivity contribution in [1.82, 2.24) is 5.32 Å². The second-order valence-electron chi connectivity index (χ2n) is 6.51. The van der Waals surface area contributed by atoms with Gasteiger partial charge in [0.15, 0.2) is 0 Å². The van der Waals surface area contributed by atoms with Crippen LogP contribution in [0.25, 0.3) is 10.4 Å². The maximum Gasteiger partial charge on any atom is 0.338 e. The van der Waals surface area contributed by atoms with Crippen LogP contribution in [-0.4, -0.2) is 25.2 Å². The summed E-state index contributed by atoms with van der Waals surface area (Å²) < 4.78 is 5.88. The molecule has 0 saturated carbocycles. The first-order chi connectivity index (χ1) is 12.8. The molecule has 3 aromatic rings. The Morgan fingerprint density at radius 3 is 2.48 bits per heavy atom. The summed E-state index contributed by atoms with van der Waals surface area (Å²) in [6, 6.07) is 22.1. The summed E-state index contributed by atoms with van der Waals surface area (Å²) in [4.78, 5) is 13.8. The molecule has 1 aliphatic heterocycles. The molecule has 4 rings (SSSR count). The van der Waals surface area contributed by atoms with Crippen molar-refractivity contribution in [3.05, 3.63) is 83.2 Å². The third-order valence-electron chi connectivity index (χ3n) is 4.84. The minimum absolute atomic E-state index is 0. The highest BCUT2D eigenvalue weighted by Gasteiger charge is 2.29. The first-order valence-electron chi connectivity index (χ1n) is 8.92. The van der Waals surface area contributed by atoms with Gasteiger partial charge in [-0.2, -0.15) is 0 Å². The number of piperidine rings is 1. The number of ether oxygens (including phenoxy) is 1. The first-order valence-corrected chi connectivity index (χ1v) is 9.80. The van der Waals surface area contributed by atoms with Gasteiger partial charge in [0.1, 0.15) is 6.10 Å². The monoisotopic (exact) mass is 399 g/mol. The number of benzene rings is 2. The average Bonchev–Trinajstić information content (AvgIpc) is 3.24. The topological polar surface area (TPSA) is 38.3 Å². The summed E-state index contributed by atoms with van der Waals surface area (Å²) in [6.45, 7) is 1.64.